The van der Waals surface area contributed by atoms with Gasteiger partial charge in [0.2, 0.25) is 0 Å². The summed E-state index contributed by atoms with van der Waals surface area (Å²) in [6.45, 7) is 4.77. The fourth-order valence-electron chi connectivity index (χ4n) is 1.65. The van der Waals surface area contributed by atoms with Gasteiger partial charge in [-0.15, -0.1) is 5.92 Å². The number of Topliss-reactive ketones (excluding diaryl/α,β-unsaturated/α-hetero) is 1. The fourth-order valence-corrected chi connectivity index (χ4v) is 1.65. The highest BCUT2D eigenvalue weighted by Gasteiger charge is 1.96. The lowest BCUT2D eigenvalue weighted by molar-refractivity contribution is -0.117. The van der Waals surface area contributed by atoms with Gasteiger partial charge in [0, 0.05) is 18.6 Å². The number of hydrogen-bond donors (Lipinski definition) is 0. The van der Waals surface area contributed by atoms with Crippen LogP contribution in [0.25, 0.3) is 0 Å². The third-order valence-electron chi connectivity index (χ3n) is 2.53. The minimum atomic E-state index is 0.251. The largest absolute Gasteiger partial charge is 0.377 e. The summed E-state index contributed by atoms with van der Waals surface area (Å²) >= 11 is 0. The summed E-state index contributed by atoms with van der Waals surface area (Å²) in [5, 5.41) is 0. The Hall–Kier alpha value is -1.59. The Morgan fingerprint density at radius 1 is 1.33 bits per heavy atom. The Bertz CT molecular complexity index is 438. The molecule has 0 aromatic heterocycles. The molecule has 1 aromatic rings. The monoisotopic (exact) mass is 244 g/mol. The lowest BCUT2D eigenvalue weighted by Crippen LogP contribution is -1.97. The molecule has 0 unspecified atom stereocenters. The minimum Gasteiger partial charge on any atom is -0.377 e. The van der Waals surface area contributed by atoms with Crippen LogP contribution < -0.4 is 0 Å². The van der Waals surface area contributed by atoms with Crippen molar-refractivity contribution in [2.24, 2.45) is 0 Å². The molecule has 0 N–H and O–H groups in total. The van der Waals surface area contributed by atoms with Gasteiger partial charge in [-0.05, 0) is 44.4 Å². The van der Waals surface area contributed by atoms with E-state index in [4.69, 9.17) is 4.74 Å². The summed E-state index contributed by atoms with van der Waals surface area (Å²) in [4.78, 5) is 10.7. The van der Waals surface area contributed by atoms with Crippen LogP contribution in [0.2, 0.25) is 0 Å². The summed E-state index contributed by atoms with van der Waals surface area (Å²) in [5.74, 6) is 6.16. The predicted octanol–water partition coefficient (Wildman–Crippen LogP) is 3.33. The molecule has 0 bridgehead atoms. The van der Waals surface area contributed by atoms with E-state index >= 15 is 0 Å². The van der Waals surface area contributed by atoms with Crippen molar-refractivity contribution < 1.29 is 9.53 Å². The van der Waals surface area contributed by atoms with Gasteiger partial charge in [-0.25, -0.2) is 0 Å². The quantitative estimate of drug-likeness (QED) is 0.543. The van der Waals surface area contributed by atoms with Gasteiger partial charge in [-0.2, -0.15) is 0 Å². The molecule has 0 saturated carbocycles. The van der Waals surface area contributed by atoms with Crippen LogP contribution >= 0.6 is 0 Å². The summed E-state index contributed by atoms with van der Waals surface area (Å²) in [5.41, 5.74) is 2.16. The lowest BCUT2D eigenvalue weighted by Gasteiger charge is -2.04. The van der Waals surface area contributed by atoms with E-state index < -0.39 is 0 Å². The van der Waals surface area contributed by atoms with Gasteiger partial charge in [-0.1, -0.05) is 18.1 Å². The standard InChI is InChI=1S/C16H20O2/c1-3-7-15-9-6-10-16(12-15)13-18-11-5-4-8-14(2)17/h6,9-10,12H,4-5,8,11,13H2,1-2H3. The Morgan fingerprint density at radius 2 is 2.17 bits per heavy atom. The molecule has 0 aliphatic rings. The topological polar surface area (TPSA) is 26.3 Å². The molecular weight excluding hydrogens is 224 g/mol. The molecule has 18 heavy (non-hydrogen) atoms. The zero-order valence-corrected chi connectivity index (χ0v) is 11.2. The van der Waals surface area contributed by atoms with Gasteiger partial charge in [0.25, 0.3) is 0 Å². The molecule has 2 nitrogen and oxygen atoms in total. The van der Waals surface area contributed by atoms with Crippen molar-refractivity contribution in [2.45, 2.75) is 39.7 Å². The van der Waals surface area contributed by atoms with E-state index in [1.165, 1.54) is 0 Å². The molecule has 0 radical (unpaired) electrons. The first-order valence-corrected chi connectivity index (χ1v) is 6.31. The average molecular weight is 244 g/mol. The van der Waals surface area contributed by atoms with Crippen molar-refractivity contribution in [2.75, 3.05) is 6.61 Å². The normalized spacial score (nSPS) is 9.67. The minimum absolute atomic E-state index is 0.251. The zero-order valence-electron chi connectivity index (χ0n) is 11.2. The summed E-state index contributed by atoms with van der Waals surface area (Å²) in [7, 11) is 0. The van der Waals surface area contributed by atoms with Crippen LogP contribution in [0.1, 0.15) is 44.2 Å². The van der Waals surface area contributed by atoms with Crippen molar-refractivity contribution in [1.29, 1.82) is 0 Å². The Kier molecular flexibility index (Phi) is 6.83. The van der Waals surface area contributed by atoms with Crippen LogP contribution in [0.4, 0.5) is 0 Å². The van der Waals surface area contributed by atoms with E-state index in [1.54, 1.807) is 6.92 Å². The Balaban J connectivity index is 2.24. The van der Waals surface area contributed by atoms with E-state index in [9.17, 15) is 4.79 Å². The SMILES string of the molecule is CC#Cc1cccc(COCCCCC(C)=O)c1. The second kappa shape index (κ2) is 8.49. The van der Waals surface area contributed by atoms with Gasteiger partial charge in [-0.3, -0.25) is 0 Å². The van der Waals surface area contributed by atoms with Gasteiger partial charge < -0.3 is 9.53 Å². The Morgan fingerprint density at radius 3 is 2.89 bits per heavy atom. The number of unbranched alkanes of at least 4 members (excludes halogenated alkanes) is 1. The number of carbonyl (C=O) groups is 1. The highest BCUT2D eigenvalue weighted by atomic mass is 16.5. The molecule has 0 atom stereocenters. The second-order valence-corrected chi connectivity index (χ2v) is 4.29. The molecule has 0 saturated heterocycles. The Labute approximate surface area is 109 Å². The van der Waals surface area contributed by atoms with E-state index in [0.717, 1.165) is 24.0 Å². The van der Waals surface area contributed by atoms with Gasteiger partial charge in [0.1, 0.15) is 5.78 Å². The number of ether oxygens (including phenoxy) is 1. The zero-order chi connectivity index (χ0) is 13.2. The fraction of sp³-hybridized carbons (Fsp3) is 0.438. The van der Waals surface area contributed by atoms with Gasteiger partial charge in [0.05, 0.1) is 6.61 Å². The smallest absolute Gasteiger partial charge is 0.129 e. The first-order chi connectivity index (χ1) is 8.72. The van der Waals surface area contributed by atoms with Crippen molar-refractivity contribution in [1.82, 2.24) is 0 Å². The van der Waals surface area contributed by atoms with Crippen molar-refractivity contribution >= 4 is 5.78 Å². The molecule has 0 fully saturated rings. The molecule has 0 aliphatic carbocycles. The molecule has 1 rings (SSSR count). The number of ketones is 1. The molecule has 0 heterocycles. The predicted molar refractivity (Wildman–Crippen MR) is 73.2 cm³/mol. The molecule has 0 amide bonds. The van der Waals surface area contributed by atoms with Gasteiger partial charge >= 0.3 is 0 Å². The highest BCUT2D eigenvalue weighted by Crippen LogP contribution is 2.06. The summed E-state index contributed by atoms with van der Waals surface area (Å²) in [6.07, 6.45) is 2.51. The van der Waals surface area contributed by atoms with Crippen LogP contribution in [0.3, 0.4) is 0 Å². The number of carbonyl (C=O) groups excluding carboxylic acids is 1. The molecule has 0 spiro atoms. The molecule has 96 valence electrons. The van der Waals surface area contributed by atoms with Crippen LogP contribution in [-0.4, -0.2) is 12.4 Å². The molecule has 0 aliphatic heterocycles. The lowest BCUT2D eigenvalue weighted by atomic mass is 10.1. The summed E-state index contributed by atoms with van der Waals surface area (Å²) < 4.78 is 5.58. The first-order valence-electron chi connectivity index (χ1n) is 6.31. The number of hydrogen-bond acceptors (Lipinski definition) is 2. The highest BCUT2D eigenvalue weighted by molar-refractivity contribution is 5.75. The molecular formula is C16H20O2. The van der Waals surface area contributed by atoms with E-state index in [2.05, 4.69) is 11.8 Å². The van der Waals surface area contributed by atoms with Crippen LogP contribution in [0, 0.1) is 11.8 Å². The maximum atomic E-state index is 10.7. The van der Waals surface area contributed by atoms with E-state index in [0.29, 0.717) is 19.6 Å². The molecule has 2 heteroatoms. The average Bonchev–Trinajstić information content (AvgIpc) is 2.34. The maximum Gasteiger partial charge on any atom is 0.129 e. The van der Waals surface area contributed by atoms with Crippen LogP contribution in [0.15, 0.2) is 24.3 Å². The van der Waals surface area contributed by atoms with Crippen molar-refractivity contribution in [3.8, 4) is 11.8 Å². The van der Waals surface area contributed by atoms with Crippen molar-refractivity contribution in [3.63, 3.8) is 0 Å². The van der Waals surface area contributed by atoms with Crippen LogP contribution in [0.5, 0.6) is 0 Å². The van der Waals surface area contributed by atoms with Crippen molar-refractivity contribution in [3.05, 3.63) is 35.4 Å². The summed E-state index contributed by atoms with van der Waals surface area (Å²) in [6, 6.07) is 8.07. The molecule has 1 aromatic carbocycles. The first kappa shape index (κ1) is 14.5. The third-order valence-corrected chi connectivity index (χ3v) is 2.53. The second-order valence-electron chi connectivity index (χ2n) is 4.29. The number of rotatable bonds is 7. The third kappa shape index (κ3) is 6.22. The maximum absolute atomic E-state index is 10.7. The number of benzene rings is 1. The van der Waals surface area contributed by atoms with E-state index in [-0.39, 0.29) is 5.78 Å². The van der Waals surface area contributed by atoms with Gasteiger partial charge in [0.15, 0.2) is 0 Å². The van der Waals surface area contributed by atoms with Crippen LogP contribution in [-0.2, 0) is 16.1 Å². The van der Waals surface area contributed by atoms with E-state index in [1.807, 2.05) is 31.2 Å².